The Morgan fingerprint density at radius 1 is 1.00 bits per heavy atom. The summed E-state index contributed by atoms with van der Waals surface area (Å²) in [5.74, 6) is -0.981. The number of amides is 2. The average molecular weight is 340 g/mol. The number of aliphatic carboxylic acids is 1. The van der Waals surface area contributed by atoms with Gasteiger partial charge in [-0.2, -0.15) is 0 Å². The fraction of sp³-hybridized carbons (Fsp3) is 0.400. The molecule has 2 amide bonds. The van der Waals surface area contributed by atoms with Gasteiger partial charge in [0, 0.05) is 12.6 Å². The van der Waals surface area contributed by atoms with Crippen LogP contribution in [0.25, 0.3) is 10.8 Å². The van der Waals surface area contributed by atoms with Crippen molar-refractivity contribution in [3.8, 4) is 0 Å². The molecule has 5 heteroatoms. The van der Waals surface area contributed by atoms with Crippen LogP contribution in [-0.2, 0) is 11.2 Å². The third-order valence-corrected chi connectivity index (χ3v) is 4.97. The number of benzene rings is 2. The van der Waals surface area contributed by atoms with Crippen LogP contribution in [0.3, 0.4) is 0 Å². The predicted octanol–water partition coefficient (Wildman–Crippen LogP) is 3.32. The van der Waals surface area contributed by atoms with E-state index in [1.807, 2.05) is 18.2 Å². The first-order chi connectivity index (χ1) is 12.1. The lowest BCUT2D eigenvalue weighted by atomic mass is 9.86. The van der Waals surface area contributed by atoms with Crippen LogP contribution in [-0.4, -0.2) is 29.7 Å². The minimum atomic E-state index is -0.724. The first-order valence-corrected chi connectivity index (χ1v) is 8.87. The number of nitrogens with one attached hydrogen (secondary N) is 2. The number of carbonyl (C=O) groups excluding carboxylic acids is 1. The summed E-state index contributed by atoms with van der Waals surface area (Å²) >= 11 is 0. The highest BCUT2D eigenvalue weighted by Crippen LogP contribution is 2.24. The lowest BCUT2D eigenvalue weighted by Gasteiger charge is -2.26. The zero-order chi connectivity index (χ0) is 17.6. The second-order valence-corrected chi connectivity index (χ2v) is 6.68. The molecule has 132 valence electrons. The van der Waals surface area contributed by atoms with Crippen LogP contribution >= 0.6 is 0 Å². The number of carbonyl (C=O) groups is 2. The van der Waals surface area contributed by atoms with Crippen LogP contribution in [0.1, 0.15) is 31.2 Å². The second kappa shape index (κ2) is 8.01. The molecule has 0 radical (unpaired) electrons. The minimum Gasteiger partial charge on any atom is -0.481 e. The molecular weight excluding hydrogens is 316 g/mol. The summed E-state index contributed by atoms with van der Waals surface area (Å²) in [6.45, 7) is 0.574. The maximum absolute atomic E-state index is 12.0. The van der Waals surface area contributed by atoms with E-state index in [4.69, 9.17) is 5.11 Å². The number of fused-ring (bicyclic) bond motifs is 1. The van der Waals surface area contributed by atoms with Gasteiger partial charge in [-0.3, -0.25) is 4.79 Å². The quantitative estimate of drug-likeness (QED) is 0.781. The summed E-state index contributed by atoms with van der Waals surface area (Å²) in [5, 5.41) is 17.3. The first kappa shape index (κ1) is 17.3. The number of rotatable bonds is 5. The van der Waals surface area contributed by atoms with E-state index >= 15 is 0 Å². The van der Waals surface area contributed by atoms with Gasteiger partial charge in [-0.1, -0.05) is 42.5 Å². The van der Waals surface area contributed by atoms with E-state index in [1.54, 1.807) is 0 Å². The summed E-state index contributed by atoms with van der Waals surface area (Å²) in [6.07, 6.45) is 3.51. The van der Waals surface area contributed by atoms with Crippen molar-refractivity contribution >= 4 is 22.8 Å². The summed E-state index contributed by atoms with van der Waals surface area (Å²) < 4.78 is 0. The zero-order valence-electron chi connectivity index (χ0n) is 14.2. The number of hydrogen-bond donors (Lipinski definition) is 3. The lowest BCUT2D eigenvalue weighted by Crippen LogP contribution is -2.44. The van der Waals surface area contributed by atoms with Gasteiger partial charge in [0.2, 0.25) is 0 Å². The maximum Gasteiger partial charge on any atom is 0.315 e. The van der Waals surface area contributed by atoms with Crippen LogP contribution < -0.4 is 10.6 Å². The van der Waals surface area contributed by atoms with Crippen LogP contribution in [0.4, 0.5) is 4.79 Å². The van der Waals surface area contributed by atoms with Gasteiger partial charge in [-0.15, -0.1) is 0 Å². The molecule has 0 atom stereocenters. The van der Waals surface area contributed by atoms with E-state index < -0.39 is 5.97 Å². The molecule has 2 aromatic carbocycles. The molecule has 0 aromatic heterocycles. The van der Waals surface area contributed by atoms with E-state index in [9.17, 15) is 9.59 Å². The van der Waals surface area contributed by atoms with E-state index in [1.165, 1.54) is 16.3 Å². The van der Waals surface area contributed by atoms with E-state index in [-0.39, 0.29) is 18.0 Å². The van der Waals surface area contributed by atoms with E-state index in [0.29, 0.717) is 19.4 Å². The topological polar surface area (TPSA) is 78.4 Å². The van der Waals surface area contributed by atoms with Crippen molar-refractivity contribution in [2.75, 3.05) is 6.54 Å². The summed E-state index contributed by atoms with van der Waals surface area (Å²) in [4.78, 5) is 23.0. The molecule has 5 nitrogen and oxygen atoms in total. The lowest BCUT2D eigenvalue weighted by molar-refractivity contribution is -0.142. The summed E-state index contributed by atoms with van der Waals surface area (Å²) in [6, 6.07) is 14.4. The molecule has 0 saturated heterocycles. The Morgan fingerprint density at radius 2 is 1.72 bits per heavy atom. The molecule has 0 aliphatic heterocycles. The smallest absolute Gasteiger partial charge is 0.315 e. The van der Waals surface area contributed by atoms with Gasteiger partial charge in [-0.25, -0.2) is 4.79 Å². The van der Waals surface area contributed by atoms with Crippen molar-refractivity contribution in [3.05, 3.63) is 48.0 Å². The Morgan fingerprint density at radius 3 is 2.48 bits per heavy atom. The largest absolute Gasteiger partial charge is 0.481 e. The van der Waals surface area contributed by atoms with E-state index in [0.717, 1.165) is 19.3 Å². The standard InChI is InChI=1S/C20H24N2O3/c23-19(24)16-8-10-17(11-9-16)22-20(25)21-13-12-15-6-3-5-14-4-1-2-7-18(14)15/h1-7,16-17H,8-13H2,(H,23,24)(H2,21,22,25). The second-order valence-electron chi connectivity index (χ2n) is 6.68. The van der Waals surface area contributed by atoms with Crippen LogP contribution in [0, 0.1) is 5.92 Å². The van der Waals surface area contributed by atoms with Crippen molar-refractivity contribution in [2.45, 2.75) is 38.1 Å². The number of carboxylic acids is 1. The van der Waals surface area contributed by atoms with Gasteiger partial charge in [0.15, 0.2) is 0 Å². The molecule has 1 fully saturated rings. The monoisotopic (exact) mass is 340 g/mol. The molecule has 2 aromatic rings. The highest BCUT2D eigenvalue weighted by molar-refractivity contribution is 5.85. The fourth-order valence-corrected chi connectivity index (χ4v) is 3.54. The van der Waals surface area contributed by atoms with Crippen molar-refractivity contribution in [1.82, 2.24) is 10.6 Å². The van der Waals surface area contributed by atoms with Crippen molar-refractivity contribution < 1.29 is 14.7 Å². The van der Waals surface area contributed by atoms with Gasteiger partial charge in [-0.05, 0) is 48.4 Å². The molecule has 0 spiro atoms. The zero-order valence-corrected chi connectivity index (χ0v) is 14.2. The Kier molecular flexibility index (Phi) is 5.53. The SMILES string of the molecule is O=C(NCCc1cccc2ccccc12)NC1CCC(C(=O)O)CC1. The highest BCUT2D eigenvalue weighted by Gasteiger charge is 2.26. The summed E-state index contributed by atoms with van der Waals surface area (Å²) in [7, 11) is 0. The molecule has 3 rings (SSSR count). The van der Waals surface area contributed by atoms with Crippen LogP contribution in [0.2, 0.25) is 0 Å². The number of carboxylic acid groups (broad SMARTS) is 1. The first-order valence-electron chi connectivity index (χ1n) is 8.87. The fourth-order valence-electron chi connectivity index (χ4n) is 3.54. The Bertz CT molecular complexity index is 746. The normalized spacial score (nSPS) is 20.2. The molecule has 1 saturated carbocycles. The summed E-state index contributed by atoms with van der Waals surface area (Å²) in [5.41, 5.74) is 1.22. The molecule has 3 N–H and O–H groups in total. The maximum atomic E-state index is 12.0. The van der Waals surface area contributed by atoms with Gasteiger partial charge < -0.3 is 15.7 Å². The van der Waals surface area contributed by atoms with Crippen molar-refractivity contribution in [1.29, 1.82) is 0 Å². The van der Waals surface area contributed by atoms with Gasteiger partial charge in [0.25, 0.3) is 0 Å². The molecule has 1 aliphatic carbocycles. The van der Waals surface area contributed by atoms with Crippen LogP contribution in [0.15, 0.2) is 42.5 Å². The molecule has 25 heavy (non-hydrogen) atoms. The number of hydrogen-bond acceptors (Lipinski definition) is 2. The Labute approximate surface area is 147 Å². The Balaban J connectivity index is 1.44. The van der Waals surface area contributed by atoms with Gasteiger partial charge in [0.05, 0.1) is 5.92 Å². The van der Waals surface area contributed by atoms with Gasteiger partial charge >= 0.3 is 12.0 Å². The molecule has 0 unspecified atom stereocenters. The Hall–Kier alpha value is -2.56. The molecule has 1 aliphatic rings. The van der Waals surface area contributed by atoms with Gasteiger partial charge in [0.1, 0.15) is 0 Å². The van der Waals surface area contributed by atoms with E-state index in [2.05, 4.69) is 34.9 Å². The molecule has 0 bridgehead atoms. The number of urea groups is 1. The van der Waals surface area contributed by atoms with Crippen molar-refractivity contribution in [2.24, 2.45) is 5.92 Å². The highest BCUT2D eigenvalue weighted by atomic mass is 16.4. The predicted molar refractivity (Wildman–Crippen MR) is 97.6 cm³/mol. The third-order valence-electron chi connectivity index (χ3n) is 4.97. The van der Waals surface area contributed by atoms with Crippen molar-refractivity contribution in [3.63, 3.8) is 0 Å². The van der Waals surface area contributed by atoms with Crippen LogP contribution in [0.5, 0.6) is 0 Å². The average Bonchev–Trinajstić information content (AvgIpc) is 2.62. The molecular formula is C20H24N2O3. The minimum absolute atomic E-state index is 0.0770. The molecule has 0 heterocycles. The third kappa shape index (κ3) is 4.50.